The van der Waals surface area contributed by atoms with Gasteiger partial charge in [-0.1, -0.05) is 12.1 Å². The van der Waals surface area contributed by atoms with E-state index in [-0.39, 0.29) is 11.6 Å². The highest BCUT2D eigenvalue weighted by atomic mass is 16.6. The molecule has 1 heterocycles. The van der Waals surface area contributed by atoms with Crippen LogP contribution in [0.15, 0.2) is 77.2 Å². The van der Waals surface area contributed by atoms with Crippen molar-refractivity contribution >= 4 is 34.5 Å². The molecule has 4 rings (SSSR count). The van der Waals surface area contributed by atoms with Crippen molar-refractivity contribution in [3.05, 3.63) is 88.5 Å². The van der Waals surface area contributed by atoms with Crippen LogP contribution in [-0.4, -0.2) is 22.9 Å². The van der Waals surface area contributed by atoms with E-state index in [1.807, 2.05) is 24.3 Å². The highest BCUT2D eigenvalue weighted by Crippen LogP contribution is 2.32. The zero-order valence-corrected chi connectivity index (χ0v) is 16.4. The average molecular weight is 415 g/mol. The van der Waals surface area contributed by atoms with Crippen LogP contribution in [0.5, 0.6) is 5.75 Å². The first-order valence-electron chi connectivity index (χ1n) is 9.31. The lowest BCUT2D eigenvalue weighted by Crippen LogP contribution is -2.07. The summed E-state index contributed by atoms with van der Waals surface area (Å²) in [5.41, 5.74) is 3.13. The van der Waals surface area contributed by atoms with Crippen molar-refractivity contribution in [2.75, 3.05) is 12.4 Å². The molecular weight excluding hydrogens is 398 g/mol. The lowest BCUT2D eigenvalue weighted by molar-refractivity contribution is -0.384. The number of hydrogen-bond donors (Lipinski definition) is 1. The largest absolute Gasteiger partial charge is 0.496 e. The fourth-order valence-corrected chi connectivity index (χ4v) is 3.00. The molecule has 0 fully saturated rings. The Balaban J connectivity index is 1.49. The topological polar surface area (TPSA) is 108 Å². The number of para-hydroxylation sites is 1. The van der Waals surface area contributed by atoms with Gasteiger partial charge in [-0.3, -0.25) is 14.9 Å². The van der Waals surface area contributed by atoms with E-state index in [4.69, 9.17) is 9.15 Å². The first kappa shape index (κ1) is 19.8. The predicted octanol–water partition coefficient (Wildman–Crippen LogP) is 5.06. The molecule has 0 saturated carbocycles. The lowest BCUT2D eigenvalue weighted by atomic mass is 10.2. The van der Waals surface area contributed by atoms with E-state index in [1.54, 1.807) is 43.5 Å². The van der Waals surface area contributed by atoms with E-state index in [1.165, 1.54) is 18.2 Å². The summed E-state index contributed by atoms with van der Waals surface area (Å²) in [6.45, 7) is 0. The van der Waals surface area contributed by atoms with Gasteiger partial charge < -0.3 is 14.5 Å². The van der Waals surface area contributed by atoms with E-state index < -0.39 is 4.92 Å². The van der Waals surface area contributed by atoms with Gasteiger partial charge >= 0.3 is 0 Å². The standard InChI is InChI=1S/C23H17N3O5/c1-30-20-5-3-2-4-18(20)23-25-19-12-9-16(14-21(19)31-23)24-22(27)13-8-15-6-10-17(11-7-15)26(28)29/h2-14H,1H3,(H,24,27)/b13-8+. The molecule has 31 heavy (non-hydrogen) atoms. The second-order valence-electron chi connectivity index (χ2n) is 6.57. The predicted molar refractivity (Wildman–Crippen MR) is 117 cm³/mol. The van der Waals surface area contributed by atoms with Crippen molar-refractivity contribution in [3.8, 4) is 17.2 Å². The minimum Gasteiger partial charge on any atom is -0.496 e. The first-order valence-corrected chi connectivity index (χ1v) is 9.31. The van der Waals surface area contributed by atoms with Crippen LogP contribution >= 0.6 is 0 Å². The van der Waals surface area contributed by atoms with E-state index in [9.17, 15) is 14.9 Å². The van der Waals surface area contributed by atoms with Crippen molar-refractivity contribution in [1.29, 1.82) is 0 Å². The number of ether oxygens (including phenoxy) is 1. The number of benzene rings is 3. The molecule has 0 radical (unpaired) electrons. The summed E-state index contributed by atoms with van der Waals surface area (Å²) in [7, 11) is 1.58. The Kier molecular flexibility index (Phi) is 5.44. The van der Waals surface area contributed by atoms with E-state index >= 15 is 0 Å². The number of non-ortho nitro benzene ring substituents is 1. The fourth-order valence-electron chi connectivity index (χ4n) is 3.00. The van der Waals surface area contributed by atoms with Gasteiger partial charge in [-0.15, -0.1) is 0 Å². The summed E-state index contributed by atoms with van der Waals surface area (Å²) in [4.78, 5) is 26.9. The van der Waals surface area contributed by atoms with Gasteiger partial charge in [0.15, 0.2) is 5.58 Å². The van der Waals surface area contributed by atoms with Crippen molar-refractivity contribution in [2.45, 2.75) is 0 Å². The third kappa shape index (κ3) is 4.43. The zero-order valence-electron chi connectivity index (χ0n) is 16.4. The number of anilines is 1. The smallest absolute Gasteiger partial charge is 0.269 e. The number of methoxy groups -OCH3 is 1. The van der Waals surface area contributed by atoms with Crippen molar-refractivity contribution in [1.82, 2.24) is 4.98 Å². The Bertz CT molecular complexity index is 1290. The van der Waals surface area contributed by atoms with Gasteiger partial charge in [0, 0.05) is 30.0 Å². The average Bonchev–Trinajstić information content (AvgIpc) is 3.21. The third-order valence-electron chi connectivity index (χ3n) is 4.52. The Labute approximate surface area is 176 Å². The minimum absolute atomic E-state index is 0.00514. The van der Waals surface area contributed by atoms with Crippen molar-refractivity contribution in [2.24, 2.45) is 0 Å². The SMILES string of the molecule is COc1ccccc1-c1nc2ccc(NC(=O)/C=C/c3ccc([N+](=O)[O-])cc3)cc2o1. The highest BCUT2D eigenvalue weighted by Gasteiger charge is 2.13. The highest BCUT2D eigenvalue weighted by molar-refractivity contribution is 6.02. The molecule has 8 nitrogen and oxygen atoms in total. The van der Waals surface area contributed by atoms with Gasteiger partial charge in [0.05, 0.1) is 17.6 Å². The number of nitrogens with zero attached hydrogens (tertiary/aromatic N) is 2. The number of hydrogen-bond acceptors (Lipinski definition) is 6. The number of carbonyl (C=O) groups excluding carboxylic acids is 1. The maximum absolute atomic E-state index is 12.2. The molecule has 0 saturated heterocycles. The van der Waals surface area contributed by atoms with Crippen LogP contribution in [0.25, 0.3) is 28.6 Å². The number of rotatable bonds is 6. The summed E-state index contributed by atoms with van der Waals surface area (Å²) in [5, 5.41) is 13.5. The molecule has 0 bridgehead atoms. The van der Waals surface area contributed by atoms with Crippen LogP contribution in [0.3, 0.4) is 0 Å². The minimum atomic E-state index is -0.473. The van der Waals surface area contributed by atoms with E-state index in [0.29, 0.717) is 34.0 Å². The molecule has 3 aromatic carbocycles. The summed E-state index contributed by atoms with van der Waals surface area (Å²) in [6, 6.07) is 18.5. The fraction of sp³-hybridized carbons (Fsp3) is 0.0435. The maximum Gasteiger partial charge on any atom is 0.269 e. The first-order chi connectivity index (χ1) is 15.0. The molecule has 0 spiro atoms. The second-order valence-corrected chi connectivity index (χ2v) is 6.57. The Morgan fingerprint density at radius 3 is 2.65 bits per heavy atom. The Hall–Kier alpha value is -4.46. The number of nitrogens with one attached hydrogen (secondary N) is 1. The molecule has 0 aliphatic rings. The van der Waals surface area contributed by atoms with Gasteiger partial charge in [-0.25, -0.2) is 4.98 Å². The summed E-state index contributed by atoms with van der Waals surface area (Å²) in [5.74, 6) is 0.732. The van der Waals surface area contributed by atoms with Crippen LogP contribution in [0.2, 0.25) is 0 Å². The monoisotopic (exact) mass is 415 g/mol. The van der Waals surface area contributed by atoms with Gasteiger partial charge in [0.25, 0.3) is 5.69 Å². The number of nitro benzene ring substituents is 1. The Morgan fingerprint density at radius 1 is 1.13 bits per heavy atom. The van der Waals surface area contributed by atoms with Crippen LogP contribution in [-0.2, 0) is 4.79 Å². The van der Waals surface area contributed by atoms with Crippen molar-refractivity contribution in [3.63, 3.8) is 0 Å². The molecule has 8 heteroatoms. The number of fused-ring (bicyclic) bond motifs is 1. The molecule has 0 aliphatic heterocycles. The molecule has 1 N–H and O–H groups in total. The molecule has 1 aromatic heterocycles. The van der Waals surface area contributed by atoms with Gasteiger partial charge in [-0.05, 0) is 48.0 Å². The number of amides is 1. The van der Waals surface area contributed by atoms with Gasteiger partial charge in [0.2, 0.25) is 11.8 Å². The lowest BCUT2D eigenvalue weighted by Gasteiger charge is -2.03. The second kappa shape index (κ2) is 8.50. The summed E-state index contributed by atoms with van der Waals surface area (Å²) >= 11 is 0. The normalized spacial score (nSPS) is 11.0. The molecule has 0 aliphatic carbocycles. The molecule has 0 unspecified atom stereocenters. The number of oxazole rings is 1. The molecule has 4 aromatic rings. The maximum atomic E-state index is 12.2. The van der Waals surface area contributed by atoms with Crippen LogP contribution in [0.4, 0.5) is 11.4 Å². The summed E-state index contributed by atoms with van der Waals surface area (Å²) < 4.78 is 11.2. The molecule has 154 valence electrons. The van der Waals surface area contributed by atoms with Gasteiger partial charge in [0.1, 0.15) is 11.3 Å². The third-order valence-corrected chi connectivity index (χ3v) is 4.52. The molecule has 0 atom stereocenters. The van der Waals surface area contributed by atoms with Gasteiger partial charge in [-0.2, -0.15) is 0 Å². The van der Waals surface area contributed by atoms with Crippen LogP contribution in [0.1, 0.15) is 5.56 Å². The number of aromatic nitrogens is 1. The zero-order chi connectivity index (χ0) is 21.8. The molecular formula is C23H17N3O5. The van der Waals surface area contributed by atoms with Crippen LogP contribution < -0.4 is 10.1 Å². The number of nitro groups is 1. The number of carbonyl (C=O) groups is 1. The van der Waals surface area contributed by atoms with E-state index in [0.717, 1.165) is 5.56 Å². The van der Waals surface area contributed by atoms with Crippen LogP contribution in [0, 0.1) is 10.1 Å². The Morgan fingerprint density at radius 2 is 1.90 bits per heavy atom. The van der Waals surface area contributed by atoms with E-state index in [2.05, 4.69) is 10.3 Å². The summed E-state index contributed by atoms with van der Waals surface area (Å²) in [6.07, 6.45) is 2.93. The molecule has 1 amide bonds. The quantitative estimate of drug-likeness (QED) is 0.268. The van der Waals surface area contributed by atoms with Crippen molar-refractivity contribution < 1.29 is 18.9 Å².